The van der Waals surface area contributed by atoms with Gasteiger partial charge in [-0.3, -0.25) is 0 Å². The Morgan fingerprint density at radius 2 is 2.39 bits per heavy atom. The van der Waals surface area contributed by atoms with E-state index < -0.39 is 0 Å². The summed E-state index contributed by atoms with van der Waals surface area (Å²) in [6.45, 7) is 1.69. The largest absolute Gasteiger partial charge is 0.383 e. The number of aromatic nitrogens is 1. The number of thiazole rings is 1. The SMILES string of the molecule is COCCNC1(c2nc3c(s2)CCC3)CCSC1. The lowest BCUT2D eigenvalue weighted by Crippen LogP contribution is -2.44. The van der Waals surface area contributed by atoms with E-state index in [1.165, 1.54) is 47.0 Å². The highest BCUT2D eigenvalue weighted by atomic mass is 32.2. The van der Waals surface area contributed by atoms with Crippen molar-refractivity contribution in [2.24, 2.45) is 0 Å². The summed E-state index contributed by atoms with van der Waals surface area (Å²) >= 11 is 3.99. The maximum Gasteiger partial charge on any atom is 0.114 e. The molecule has 1 atom stereocenters. The van der Waals surface area contributed by atoms with Gasteiger partial charge in [-0.25, -0.2) is 4.98 Å². The third-order valence-corrected chi connectivity index (χ3v) is 6.35. The number of nitrogens with zero attached hydrogens (tertiary/aromatic N) is 1. The molecule has 0 bridgehead atoms. The number of hydrogen-bond acceptors (Lipinski definition) is 5. The first-order valence-electron chi connectivity index (χ1n) is 6.65. The summed E-state index contributed by atoms with van der Waals surface area (Å²) < 4.78 is 5.16. The predicted molar refractivity (Wildman–Crippen MR) is 77.6 cm³/mol. The summed E-state index contributed by atoms with van der Waals surface area (Å²) in [5, 5.41) is 5.03. The molecule has 1 saturated heterocycles. The summed E-state index contributed by atoms with van der Waals surface area (Å²) in [5.74, 6) is 2.40. The first-order chi connectivity index (χ1) is 8.84. The second kappa shape index (κ2) is 5.49. The predicted octanol–water partition coefficient (Wildman–Crippen LogP) is 2.20. The lowest BCUT2D eigenvalue weighted by atomic mass is 10.00. The Labute approximate surface area is 117 Å². The monoisotopic (exact) mass is 284 g/mol. The Morgan fingerprint density at radius 3 is 3.11 bits per heavy atom. The van der Waals surface area contributed by atoms with Crippen molar-refractivity contribution in [2.45, 2.75) is 31.2 Å². The topological polar surface area (TPSA) is 34.1 Å². The number of nitrogens with one attached hydrogen (secondary N) is 1. The highest BCUT2D eigenvalue weighted by molar-refractivity contribution is 7.99. The fraction of sp³-hybridized carbons (Fsp3) is 0.769. The zero-order chi connectivity index (χ0) is 12.4. The number of ether oxygens (including phenoxy) is 1. The van der Waals surface area contributed by atoms with Crippen molar-refractivity contribution in [3.8, 4) is 0 Å². The lowest BCUT2D eigenvalue weighted by Gasteiger charge is -2.27. The molecule has 1 unspecified atom stereocenters. The van der Waals surface area contributed by atoms with Gasteiger partial charge in [0.25, 0.3) is 0 Å². The number of thioether (sulfide) groups is 1. The van der Waals surface area contributed by atoms with Gasteiger partial charge in [0.15, 0.2) is 0 Å². The first kappa shape index (κ1) is 12.9. The van der Waals surface area contributed by atoms with E-state index in [1.807, 2.05) is 23.1 Å². The van der Waals surface area contributed by atoms with Crippen LogP contribution in [0.4, 0.5) is 0 Å². The molecule has 0 saturated carbocycles. The van der Waals surface area contributed by atoms with Gasteiger partial charge in [0.05, 0.1) is 17.8 Å². The molecule has 1 aromatic rings. The molecule has 5 heteroatoms. The number of fused-ring (bicyclic) bond motifs is 1. The molecule has 2 heterocycles. The molecule has 0 radical (unpaired) electrons. The van der Waals surface area contributed by atoms with Crippen LogP contribution in [0.5, 0.6) is 0 Å². The number of hydrogen-bond donors (Lipinski definition) is 1. The number of rotatable bonds is 5. The summed E-state index contributed by atoms with van der Waals surface area (Å²) in [4.78, 5) is 6.46. The van der Waals surface area contributed by atoms with Crippen LogP contribution in [0.1, 0.15) is 28.4 Å². The standard InChI is InChI=1S/C13H20N2OS2/c1-16-7-6-14-13(5-8-17-9-13)12-15-10-3-2-4-11(10)18-12/h14H,2-9H2,1H3. The molecule has 18 heavy (non-hydrogen) atoms. The molecular weight excluding hydrogens is 264 g/mol. The lowest BCUT2D eigenvalue weighted by molar-refractivity contribution is 0.187. The highest BCUT2D eigenvalue weighted by Crippen LogP contribution is 2.41. The van der Waals surface area contributed by atoms with E-state index in [4.69, 9.17) is 9.72 Å². The van der Waals surface area contributed by atoms with Crippen molar-refractivity contribution in [3.63, 3.8) is 0 Å². The van der Waals surface area contributed by atoms with Gasteiger partial charge in [-0.05, 0) is 31.4 Å². The van der Waals surface area contributed by atoms with Crippen LogP contribution in [-0.4, -0.2) is 36.8 Å². The van der Waals surface area contributed by atoms with Gasteiger partial charge in [0, 0.05) is 24.3 Å². The summed E-state index contributed by atoms with van der Waals surface area (Å²) in [6, 6.07) is 0. The van der Waals surface area contributed by atoms with Crippen molar-refractivity contribution < 1.29 is 4.74 Å². The summed E-state index contributed by atoms with van der Waals surface area (Å²) in [7, 11) is 1.76. The van der Waals surface area contributed by atoms with Gasteiger partial charge in [0.1, 0.15) is 5.01 Å². The minimum atomic E-state index is 0.123. The van der Waals surface area contributed by atoms with Crippen molar-refractivity contribution in [1.29, 1.82) is 0 Å². The van der Waals surface area contributed by atoms with Crippen LogP contribution in [0.3, 0.4) is 0 Å². The Hall–Kier alpha value is -0.100. The molecule has 3 nitrogen and oxygen atoms in total. The van der Waals surface area contributed by atoms with Gasteiger partial charge in [0.2, 0.25) is 0 Å². The third kappa shape index (κ3) is 2.33. The van der Waals surface area contributed by atoms with Crippen LogP contribution in [0.2, 0.25) is 0 Å². The Bertz CT molecular complexity index is 392. The van der Waals surface area contributed by atoms with Crippen LogP contribution >= 0.6 is 23.1 Å². The average molecular weight is 284 g/mol. The van der Waals surface area contributed by atoms with Crippen molar-refractivity contribution in [1.82, 2.24) is 10.3 Å². The Kier molecular flexibility index (Phi) is 3.94. The van der Waals surface area contributed by atoms with E-state index >= 15 is 0 Å². The van der Waals surface area contributed by atoms with E-state index in [1.54, 1.807) is 7.11 Å². The normalized spacial score (nSPS) is 26.7. The molecule has 100 valence electrons. The minimum absolute atomic E-state index is 0.123. The fourth-order valence-electron chi connectivity index (χ4n) is 2.74. The molecule has 1 aliphatic carbocycles. The number of aryl methyl sites for hydroxylation is 2. The average Bonchev–Trinajstić information content (AvgIpc) is 3.03. The van der Waals surface area contributed by atoms with Crippen LogP contribution in [0.15, 0.2) is 0 Å². The van der Waals surface area contributed by atoms with Gasteiger partial charge in [-0.2, -0.15) is 11.8 Å². The summed E-state index contributed by atoms with van der Waals surface area (Å²) in [6.07, 6.45) is 4.93. The molecule has 0 spiro atoms. The van der Waals surface area contributed by atoms with E-state index in [0.717, 1.165) is 18.9 Å². The van der Waals surface area contributed by atoms with Crippen molar-refractivity contribution in [3.05, 3.63) is 15.6 Å². The second-order valence-corrected chi connectivity index (χ2v) is 7.24. The van der Waals surface area contributed by atoms with Gasteiger partial charge in [-0.1, -0.05) is 0 Å². The molecular formula is C13H20N2OS2. The molecule has 3 rings (SSSR count). The van der Waals surface area contributed by atoms with Crippen LogP contribution < -0.4 is 5.32 Å². The van der Waals surface area contributed by atoms with Crippen LogP contribution in [-0.2, 0) is 23.1 Å². The van der Waals surface area contributed by atoms with Crippen LogP contribution in [0.25, 0.3) is 0 Å². The summed E-state index contributed by atoms with van der Waals surface area (Å²) in [5.41, 5.74) is 1.50. The number of methoxy groups -OCH3 is 1. The van der Waals surface area contributed by atoms with Gasteiger partial charge in [-0.15, -0.1) is 11.3 Å². The molecule has 2 aliphatic rings. The van der Waals surface area contributed by atoms with E-state index in [-0.39, 0.29) is 5.54 Å². The zero-order valence-corrected chi connectivity index (χ0v) is 12.5. The maximum absolute atomic E-state index is 5.16. The minimum Gasteiger partial charge on any atom is -0.383 e. The van der Waals surface area contributed by atoms with Crippen molar-refractivity contribution in [2.75, 3.05) is 31.8 Å². The molecule has 1 aliphatic heterocycles. The first-order valence-corrected chi connectivity index (χ1v) is 8.62. The van der Waals surface area contributed by atoms with Gasteiger partial charge < -0.3 is 10.1 Å². The van der Waals surface area contributed by atoms with Crippen LogP contribution in [0, 0.1) is 0 Å². The highest BCUT2D eigenvalue weighted by Gasteiger charge is 2.39. The van der Waals surface area contributed by atoms with Crippen molar-refractivity contribution >= 4 is 23.1 Å². The molecule has 0 aromatic carbocycles. The second-order valence-electron chi connectivity index (χ2n) is 5.05. The molecule has 0 amide bonds. The Morgan fingerprint density at radius 1 is 1.44 bits per heavy atom. The molecule has 1 aromatic heterocycles. The van der Waals surface area contributed by atoms with E-state index in [2.05, 4.69) is 5.32 Å². The van der Waals surface area contributed by atoms with Gasteiger partial charge >= 0.3 is 0 Å². The zero-order valence-electron chi connectivity index (χ0n) is 10.8. The third-order valence-electron chi connectivity index (χ3n) is 3.80. The van der Waals surface area contributed by atoms with E-state index in [9.17, 15) is 0 Å². The fourth-order valence-corrected chi connectivity index (χ4v) is 5.54. The Balaban J connectivity index is 1.79. The maximum atomic E-state index is 5.16. The molecule has 1 fully saturated rings. The van der Waals surface area contributed by atoms with E-state index in [0.29, 0.717) is 0 Å². The quantitative estimate of drug-likeness (QED) is 0.841. The smallest absolute Gasteiger partial charge is 0.114 e. The molecule has 1 N–H and O–H groups in total.